The SMILES string of the molecule is COc1ccccc1-n1cc(C(=O)Nc2ccc(C3=C4C=CC=CC4C(=O)N=N3)cc2)cn1. The summed E-state index contributed by atoms with van der Waals surface area (Å²) in [6.07, 6.45) is 10.6. The highest BCUT2D eigenvalue weighted by Gasteiger charge is 2.27. The zero-order valence-corrected chi connectivity index (χ0v) is 17.7. The van der Waals surface area contributed by atoms with Crippen LogP contribution in [0, 0.1) is 5.92 Å². The molecule has 0 saturated heterocycles. The van der Waals surface area contributed by atoms with Crippen LogP contribution in [0.4, 0.5) is 5.69 Å². The fourth-order valence-corrected chi connectivity index (χ4v) is 3.73. The van der Waals surface area contributed by atoms with Gasteiger partial charge < -0.3 is 10.1 Å². The molecule has 8 nitrogen and oxygen atoms in total. The number of hydrogen-bond donors (Lipinski definition) is 1. The Balaban J connectivity index is 1.33. The van der Waals surface area contributed by atoms with Crippen molar-refractivity contribution in [1.29, 1.82) is 0 Å². The quantitative estimate of drug-likeness (QED) is 0.632. The first kappa shape index (κ1) is 20.3. The minimum Gasteiger partial charge on any atom is -0.494 e. The third-order valence-electron chi connectivity index (χ3n) is 5.41. The largest absolute Gasteiger partial charge is 0.494 e. The maximum Gasteiger partial charge on any atom is 0.276 e. The summed E-state index contributed by atoms with van der Waals surface area (Å²) in [5.41, 5.74) is 4.06. The van der Waals surface area contributed by atoms with Gasteiger partial charge in [0.1, 0.15) is 11.4 Å². The summed E-state index contributed by atoms with van der Waals surface area (Å²) in [5, 5.41) is 15.0. The van der Waals surface area contributed by atoms with Crippen molar-refractivity contribution in [1.82, 2.24) is 9.78 Å². The number of fused-ring (bicyclic) bond motifs is 1. The van der Waals surface area contributed by atoms with Gasteiger partial charge in [-0.25, -0.2) is 4.68 Å². The van der Waals surface area contributed by atoms with Crippen LogP contribution >= 0.6 is 0 Å². The molecule has 162 valence electrons. The number of hydrogen-bond acceptors (Lipinski definition) is 5. The van der Waals surface area contributed by atoms with E-state index in [4.69, 9.17) is 4.74 Å². The first-order valence-corrected chi connectivity index (χ1v) is 10.3. The molecule has 0 fully saturated rings. The lowest BCUT2D eigenvalue weighted by Crippen LogP contribution is -2.17. The molecule has 5 rings (SSSR count). The highest BCUT2D eigenvalue weighted by molar-refractivity contribution is 6.04. The van der Waals surface area contributed by atoms with Crippen molar-refractivity contribution >= 4 is 23.2 Å². The third kappa shape index (κ3) is 3.89. The van der Waals surface area contributed by atoms with Crippen molar-refractivity contribution in [3.8, 4) is 11.4 Å². The van der Waals surface area contributed by atoms with E-state index in [1.165, 1.54) is 6.20 Å². The number of benzene rings is 2. The Morgan fingerprint density at radius 2 is 1.88 bits per heavy atom. The van der Waals surface area contributed by atoms with Crippen LogP contribution in [0.1, 0.15) is 15.9 Å². The van der Waals surface area contributed by atoms with Gasteiger partial charge in [0.2, 0.25) is 0 Å². The Hall–Kier alpha value is -4.59. The Morgan fingerprint density at radius 3 is 2.70 bits per heavy atom. The minimum absolute atomic E-state index is 0.271. The molecule has 1 unspecified atom stereocenters. The van der Waals surface area contributed by atoms with Crippen LogP contribution in [0.5, 0.6) is 5.75 Å². The maximum absolute atomic E-state index is 12.7. The van der Waals surface area contributed by atoms with Gasteiger partial charge in [0, 0.05) is 17.4 Å². The lowest BCUT2D eigenvalue weighted by Gasteiger charge is -2.19. The number of amides is 2. The average molecular weight is 437 g/mol. The second-order valence-electron chi connectivity index (χ2n) is 7.44. The van der Waals surface area contributed by atoms with E-state index in [1.807, 2.05) is 60.7 Å². The zero-order valence-electron chi connectivity index (χ0n) is 17.7. The Kier molecular flexibility index (Phi) is 5.24. The fourth-order valence-electron chi connectivity index (χ4n) is 3.73. The molecule has 3 aromatic rings. The number of nitrogens with zero attached hydrogens (tertiary/aromatic N) is 4. The van der Waals surface area contributed by atoms with E-state index in [9.17, 15) is 9.59 Å². The van der Waals surface area contributed by atoms with Crippen molar-refractivity contribution < 1.29 is 14.3 Å². The molecule has 0 saturated carbocycles. The number of methoxy groups -OCH3 is 1. The second kappa shape index (κ2) is 8.51. The van der Waals surface area contributed by atoms with Crippen molar-refractivity contribution in [2.75, 3.05) is 12.4 Å². The van der Waals surface area contributed by atoms with E-state index in [0.717, 1.165) is 16.8 Å². The molecule has 1 aliphatic carbocycles. The number of ether oxygens (including phenoxy) is 1. The van der Waals surface area contributed by atoms with Crippen molar-refractivity contribution in [2.24, 2.45) is 16.1 Å². The number of anilines is 1. The van der Waals surface area contributed by atoms with Gasteiger partial charge in [-0.15, -0.1) is 10.2 Å². The lowest BCUT2D eigenvalue weighted by molar-refractivity contribution is -0.119. The highest BCUT2D eigenvalue weighted by atomic mass is 16.5. The van der Waals surface area contributed by atoms with Gasteiger partial charge in [-0.1, -0.05) is 48.6 Å². The third-order valence-corrected chi connectivity index (χ3v) is 5.41. The van der Waals surface area contributed by atoms with Crippen LogP contribution < -0.4 is 10.1 Å². The summed E-state index contributed by atoms with van der Waals surface area (Å²) in [6, 6.07) is 14.7. The van der Waals surface area contributed by atoms with Gasteiger partial charge in [0.15, 0.2) is 0 Å². The number of allylic oxidation sites excluding steroid dienone is 3. The Morgan fingerprint density at radius 1 is 1.06 bits per heavy atom. The van der Waals surface area contributed by atoms with Gasteiger partial charge in [0.05, 0.1) is 30.5 Å². The summed E-state index contributed by atoms with van der Waals surface area (Å²) >= 11 is 0. The number of nitrogens with one attached hydrogen (secondary N) is 1. The number of carbonyl (C=O) groups excluding carboxylic acids is 2. The number of aromatic nitrogens is 2. The molecule has 1 atom stereocenters. The summed E-state index contributed by atoms with van der Waals surface area (Å²) in [6.45, 7) is 0. The molecule has 8 heteroatoms. The summed E-state index contributed by atoms with van der Waals surface area (Å²) in [5.74, 6) is -0.298. The summed E-state index contributed by atoms with van der Waals surface area (Å²) in [7, 11) is 1.59. The molecule has 2 amide bonds. The van der Waals surface area contributed by atoms with Crippen LogP contribution in [0.2, 0.25) is 0 Å². The van der Waals surface area contributed by atoms with Crippen LogP contribution in [-0.4, -0.2) is 28.7 Å². The van der Waals surface area contributed by atoms with Gasteiger partial charge in [-0.2, -0.15) is 5.10 Å². The van der Waals surface area contributed by atoms with Crippen LogP contribution in [0.15, 0.2) is 101 Å². The van der Waals surface area contributed by atoms with Crippen molar-refractivity contribution in [3.63, 3.8) is 0 Å². The molecule has 33 heavy (non-hydrogen) atoms. The van der Waals surface area contributed by atoms with Crippen molar-refractivity contribution in [2.45, 2.75) is 0 Å². The predicted octanol–water partition coefficient (Wildman–Crippen LogP) is 4.58. The fraction of sp³-hybridized carbons (Fsp3) is 0.0800. The smallest absolute Gasteiger partial charge is 0.276 e. The first-order chi connectivity index (χ1) is 16.1. The zero-order chi connectivity index (χ0) is 22.8. The van der Waals surface area contributed by atoms with E-state index in [2.05, 4.69) is 20.6 Å². The topological polar surface area (TPSA) is 97.9 Å². The number of rotatable bonds is 5. The standard InChI is InChI=1S/C25H19N5O3/c1-33-22-9-5-4-8-21(22)30-15-17(14-26-30)24(31)27-18-12-10-16(11-13-18)23-19-6-2-3-7-20(19)25(32)29-28-23/h2-15,20H,1H3,(H,27,31). The van der Waals surface area contributed by atoms with Gasteiger partial charge in [0.25, 0.3) is 11.8 Å². The van der Waals surface area contributed by atoms with E-state index >= 15 is 0 Å². The van der Waals surface area contributed by atoms with Gasteiger partial charge in [-0.3, -0.25) is 9.59 Å². The molecule has 2 aliphatic rings. The van der Waals surface area contributed by atoms with E-state index in [-0.39, 0.29) is 11.8 Å². The highest BCUT2D eigenvalue weighted by Crippen LogP contribution is 2.34. The first-order valence-electron chi connectivity index (χ1n) is 10.3. The summed E-state index contributed by atoms with van der Waals surface area (Å²) in [4.78, 5) is 24.7. The summed E-state index contributed by atoms with van der Waals surface area (Å²) < 4.78 is 6.96. The van der Waals surface area contributed by atoms with Crippen LogP contribution in [-0.2, 0) is 4.79 Å². The number of azo groups is 1. The molecular weight excluding hydrogens is 418 g/mol. The molecular formula is C25H19N5O3. The Bertz CT molecular complexity index is 1360. The molecule has 1 aliphatic heterocycles. The van der Waals surface area contributed by atoms with Gasteiger partial charge in [-0.05, 0) is 29.8 Å². The Labute approximate surface area is 189 Å². The maximum atomic E-state index is 12.7. The van der Waals surface area contributed by atoms with Gasteiger partial charge >= 0.3 is 0 Å². The van der Waals surface area contributed by atoms with E-state index in [0.29, 0.717) is 22.7 Å². The number of carbonyl (C=O) groups is 2. The average Bonchev–Trinajstić information content (AvgIpc) is 3.35. The minimum atomic E-state index is -0.401. The molecule has 2 heterocycles. The van der Waals surface area contributed by atoms with E-state index in [1.54, 1.807) is 30.1 Å². The molecule has 2 aromatic carbocycles. The van der Waals surface area contributed by atoms with E-state index < -0.39 is 5.92 Å². The molecule has 1 aromatic heterocycles. The monoisotopic (exact) mass is 437 g/mol. The molecule has 0 radical (unpaired) electrons. The number of para-hydroxylation sites is 2. The predicted molar refractivity (Wildman–Crippen MR) is 123 cm³/mol. The van der Waals surface area contributed by atoms with Crippen LogP contribution in [0.25, 0.3) is 11.4 Å². The molecule has 0 bridgehead atoms. The molecule has 1 N–H and O–H groups in total. The normalized spacial score (nSPS) is 16.6. The lowest BCUT2D eigenvalue weighted by atomic mass is 9.89. The molecule has 0 spiro atoms. The second-order valence-corrected chi connectivity index (χ2v) is 7.44. The van der Waals surface area contributed by atoms with Crippen molar-refractivity contribution in [3.05, 3.63) is 102 Å². The van der Waals surface area contributed by atoms with Crippen LogP contribution in [0.3, 0.4) is 0 Å².